The van der Waals surface area contributed by atoms with Crippen LogP contribution < -0.4 is 10.2 Å². The number of nitrogens with one attached hydrogen (secondary N) is 1. The standard InChI is InChI=1S/C17H24N6/c1-5-18-6-2-14(1)15-3-8-22(9-4-15)16-11-17(21-12-20-16)23-10-7-19-13-23/h7,10-15,18H,1-6,8-9H2. The molecule has 6 heteroatoms. The highest BCUT2D eigenvalue weighted by atomic mass is 15.2. The first-order valence-electron chi connectivity index (χ1n) is 8.66. The fourth-order valence-corrected chi connectivity index (χ4v) is 3.96. The SMILES string of the molecule is c1cn(-c2cc(N3CCC(C4CCNCC4)CC3)ncn2)cn1. The summed E-state index contributed by atoms with van der Waals surface area (Å²) in [5, 5.41) is 3.47. The van der Waals surface area contributed by atoms with E-state index < -0.39 is 0 Å². The van der Waals surface area contributed by atoms with Gasteiger partial charge in [-0.3, -0.25) is 4.57 Å². The van der Waals surface area contributed by atoms with Crippen molar-refractivity contribution in [3.63, 3.8) is 0 Å². The van der Waals surface area contributed by atoms with Gasteiger partial charge >= 0.3 is 0 Å². The van der Waals surface area contributed by atoms with Gasteiger partial charge in [-0.05, 0) is 50.6 Å². The summed E-state index contributed by atoms with van der Waals surface area (Å²) in [6.07, 6.45) is 12.4. The molecule has 0 saturated carbocycles. The van der Waals surface area contributed by atoms with Gasteiger partial charge in [-0.2, -0.15) is 0 Å². The van der Waals surface area contributed by atoms with Gasteiger partial charge in [0.25, 0.3) is 0 Å². The maximum Gasteiger partial charge on any atom is 0.143 e. The Hall–Kier alpha value is -1.95. The highest BCUT2D eigenvalue weighted by molar-refractivity contribution is 5.43. The molecule has 2 aliphatic heterocycles. The van der Waals surface area contributed by atoms with Crippen LogP contribution >= 0.6 is 0 Å². The average molecular weight is 312 g/mol. The Morgan fingerprint density at radius 2 is 1.70 bits per heavy atom. The van der Waals surface area contributed by atoms with E-state index in [1.54, 1.807) is 18.9 Å². The summed E-state index contributed by atoms with van der Waals surface area (Å²) >= 11 is 0. The molecule has 4 rings (SSSR count). The first kappa shape index (κ1) is 14.6. The topological polar surface area (TPSA) is 58.9 Å². The van der Waals surface area contributed by atoms with E-state index in [0.717, 1.165) is 36.6 Å². The van der Waals surface area contributed by atoms with Crippen LogP contribution in [-0.4, -0.2) is 45.7 Å². The molecule has 122 valence electrons. The van der Waals surface area contributed by atoms with Crippen LogP contribution in [0.1, 0.15) is 25.7 Å². The molecule has 0 radical (unpaired) electrons. The zero-order valence-corrected chi connectivity index (χ0v) is 13.4. The number of imidazole rings is 1. The number of anilines is 1. The highest BCUT2D eigenvalue weighted by Crippen LogP contribution is 2.32. The van der Waals surface area contributed by atoms with Crippen molar-refractivity contribution in [2.24, 2.45) is 11.8 Å². The molecule has 0 amide bonds. The van der Waals surface area contributed by atoms with Crippen molar-refractivity contribution in [3.05, 3.63) is 31.1 Å². The smallest absolute Gasteiger partial charge is 0.143 e. The van der Waals surface area contributed by atoms with Crippen LogP contribution in [0.3, 0.4) is 0 Å². The van der Waals surface area contributed by atoms with E-state index in [0.29, 0.717) is 0 Å². The first-order valence-corrected chi connectivity index (χ1v) is 8.66. The summed E-state index contributed by atoms with van der Waals surface area (Å²) in [6.45, 7) is 4.61. The van der Waals surface area contributed by atoms with Crippen LogP contribution in [0.15, 0.2) is 31.1 Å². The summed E-state index contributed by atoms with van der Waals surface area (Å²) in [5.74, 6) is 3.73. The van der Waals surface area contributed by atoms with Gasteiger partial charge in [0, 0.05) is 31.5 Å². The Kier molecular flexibility index (Phi) is 4.24. The molecule has 0 bridgehead atoms. The lowest BCUT2D eigenvalue weighted by Gasteiger charge is -2.38. The molecule has 0 unspecified atom stereocenters. The zero-order valence-electron chi connectivity index (χ0n) is 13.4. The number of aromatic nitrogens is 4. The Morgan fingerprint density at radius 3 is 2.43 bits per heavy atom. The van der Waals surface area contributed by atoms with Crippen molar-refractivity contribution in [2.45, 2.75) is 25.7 Å². The van der Waals surface area contributed by atoms with Gasteiger partial charge in [-0.25, -0.2) is 15.0 Å². The predicted octanol–water partition coefficient (Wildman–Crippen LogP) is 1.88. The van der Waals surface area contributed by atoms with Crippen molar-refractivity contribution in [1.82, 2.24) is 24.8 Å². The molecule has 23 heavy (non-hydrogen) atoms. The summed E-state index contributed by atoms with van der Waals surface area (Å²) in [7, 11) is 0. The van der Waals surface area contributed by atoms with E-state index in [9.17, 15) is 0 Å². The molecule has 2 fully saturated rings. The molecule has 0 spiro atoms. The van der Waals surface area contributed by atoms with Gasteiger partial charge < -0.3 is 10.2 Å². The molecule has 0 aliphatic carbocycles. The van der Waals surface area contributed by atoms with Crippen molar-refractivity contribution < 1.29 is 0 Å². The first-order chi connectivity index (χ1) is 11.4. The van der Waals surface area contributed by atoms with Crippen molar-refractivity contribution in [3.8, 4) is 5.82 Å². The Balaban J connectivity index is 1.41. The van der Waals surface area contributed by atoms with Gasteiger partial charge in [-0.15, -0.1) is 0 Å². The summed E-state index contributed by atoms with van der Waals surface area (Å²) in [4.78, 5) is 15.3. The second-order valence-electron chi connectivity index (χ2n) is 6.62. The second-order valence-corrected chi connectivity index (χ2v) is 6.62. The lowest BCUT2D eigenvalue weighted by atomic mass is 9.79. The Bertz CT molecular complexity index is 612. The molecule has 0 atom stereocenters. The van der Waals surface area contributed by atoms with Crippen LogP contribution in [0.25, 0.3) is 5.82 Å². The normalized spacial score (nSPS) is 20.8. The van der Waals surface area contributed by atoms with E-state index >= 15 is 0 Å². The number of hydrogen-bond acceptors (Lipinski definition) is 5. The van der Waals surface area contributed by atoms with Crippen LogP contribution in [-0.2, 0) is 0 Å². The molecule has 4 heterocycles. The van der Waals surface area contributed by atoms with Gasteiger partial charge in [0.05, 0.1) is 0 Å². The van der Waals surface area contributed by atoms with E-state index in [2.05, 4.69) is 31.2 Å². The number of rotatable bonds is 3. The van der Waals surface area contributed by atoms with Crippen molar-refractivity contribution >= 4 is 5.82 Å². The summed E-state index contributed by atoms with van der Waals surface area (Å²) < 4.78 is 1.92. The lowest BCUT2D eigenvalue weighted by Crippen LogP contribution is -2.39. The van der Waals surface area contributed by atoms with E-state index in [1.807, 2.05) is 10.8 Å². The third-order valence-electron chi connectivity index (χ3n) is 5.32. The second kappa shape index (κ2) is 6.66. The van der Waals surface area contributed by atoms with E-state index in [-0.39, 0.29) is 0 Å². The van der Waals surface area contributed by atoms with Gasteiger partial charge in [-0.1, -0.05) is 0 Å². The minimum absolute atomic E-state index is 0.882. The van der Waals surface area contributed by atoms with Crippen LogP contribution in [0.4, 0.5) is 5.82 Å². The molecule has 2 saturated heterocycles. The number of nitrogens with zero attached hydrogens (tertiary/aromatic N) is 5. The maximum atomic E-state index is 4.48. The zero-order chi connectivity index (χ0) is 15.5. The molecule has 1 N–H and O–H groups in total. The van der Waals surface area contributed by atoms with Gasteiger partial charge in [0.2, 0.25) is 0 Å². The predicted molar refractivity (Wildman–Crippen MR) is 89.7 cm³/mol. The van der Waals surface area contributed by atoms with Gasteiger partial charge in [0.15, 0.2) is 0 Å². The highest BCUT2D eigenvalue weighted by Gasteiger charge is 2.28. The summed E-state index contributed by atoms with van der Waals surface area (Å²) in [6, 6.07) is 2.06. The monoisotopic (exact) mass is 312 g/mol. The largest absolute Gasteiger partial charge is 0.356 e. The molecular formula is C17H24N6. The quantitative estimate of drug-likeness (QED) is 0.938. The molecule has 6 nitrogen and oxygen atoms in total. The van der Waals surface area contributed by atoms with Crippen LogP contribution in [0.2, 0.25) is 0 Å². The lowest BCUT2D eigenvalue weighted by molar-refractivity contribution is 0.221. The fraction of sp³-hybridized carbons (Fsp3) is 0.588. The number of piperidine rings is 2. The van der Waals surface area contributed by atoms with Crippen molar-refractivity contribution in [2.75, 3.05) is 31.1 Å². The minimum Gasteiger partial charge on any atom is -0.356 e. The maximum absolute atomic E-state index is 4.48. The molecule has 2 aromatic rings. The molecular weight excluding hydrogens is 288 g/mol. The van der Waals surface area contributed by atoms with Crippen LogP contribution in [0.5, 0.6) is 0 Å². The van der Waals surface area contributed by atoms with Gasteiger partial charge in [0.1, 0.15) is 24.3 Å². The molecule has 2 aromatic heterocycles. The Labute approximate surface area is 137 Å². The van der Waals surface area contributed by atoms with E-state index in [1.165, 1.54) is 38.8 Å². The third kappa shape index (κ3) is 3.22. The third-order valence-corrected chi connectivity index (χ3v) is 5.32. The molecule has 0 aromatic carbocycles. The van der Waals surface area contributed by atoms with Crippen molar-refractivity contribution in [1.29, 1.82) is 0 Å². The average Bonchev–Trinajstić information content (AvgIpc) is 3.18. The number of hydrogen-bond donors (Lipinski definition) is 1. The molecule has 2 aliphatic rings. The Morgan fingerprint density at radius 1 is 0.957 bits per heavy atom. The van der Waals surface area contributed by atoms with Crippen LogP contribution in [0, 0.1) is 11.8 Å². The minimum atomic E-state index is 0.882. The van der Waals surface area contributed by atoms with E-state index in [4.69, 9.17) is 0 Å². The summed E-state index contributed by atoms with van der Waals surface area (Å²) in [5.41, 5.74) is 0. The fourth-order valence-electron chi connectivity index (χ4n) is 3.96.